The Balaban J connectivity index is 1.45. The molecule has 0 unspecified atom stereocenters. The zero-order valence-electron chi connectivity index (χ0n) is 18.6. The first-order chi connectivity index (χ1) is 15.6. The summed E-state index contributed by atoms with van der Waals surface area (Å²) in [5, 5.41) is 11.1. The summed E-state index contributed by atoms with van der Waals surface area (Å²) in [5.41, 5.74) is 2.77. The molecule has 1 N–H and O–H groups in total. The number of aryl methyl sites for hydroxylation is 1. The number of nitrogens with one attached hydrogen (secondary N) is 1. The molecule has 0 saturated carbocycles. The summed E-state index contributed by atoms with van der Waals surface area (Å²) in [6, 6.07) is 11.6. The molecule has 3 aromatic rings. The van der Waals surface area contributed by atoms with E-state index in [9.17, 15) is 9.59 Å². The molecule has 1 fully saturated rings. The molecule has 0 spiro atoms. The van der Waals surface area contributed by atoms with Crippen LogP contribution in [0.15, 0.2) is 47.1 Å². The fourth-order valence-electron chi connectivity index (χ4n) is 4.25. The summed E-state index contributed by atoms with van der Waals surface area (Å²) in [6.07, 6.45) is 5.02. The second-order valence-corrected chi connectivity index (χ2v) is 8.36. The van der Waals surface area contributed by atoms with Crippen molar-refractivity contribution in [2.24, 2.45) is 0 Å². The van der Waals surface area contributed by atoms with Crippen molar-refractivity contribution in [2.75, 3.05) is 20.1 Å². The number of hydrogen-bond acceptors (Lipinski definition) is 5. The van der Waals surface area contributed by atoms with Crippen molar-refractivity contribution in [2.45, 2.75) is 45.1 Å². The van der Waals surface area contributed by atoms with Gasteiger partial charge in [-0.25, -0.2) is 0 Å². The third-order valence-corrected chi connectivity index (χ3v) is 5.90. The first-order valence-corrected chi connectivity index (χ1v) is 11.1. The van der Waals surface area contributed by atoms with Crippen LogP contribution < -0.4 is 0 Å². The van der Waals surface area contributed by atoms with Gasteiger partial charge in [0, 0.05) is 45.1 Å². The second-order valence-electron chi connectivity index (χ2n) is 8.36. The first-order valence-electron chi connectivity index (χ1n) is 11.1. The predicted molar refractivity (Wildman–Crippen MR) is 119 cm³/mol. The lowest BCUT2D eigenvalue weighted by Crippen LogP contribution is -2.40. The van der Waals surface area contributed by atoms with Gasteiger partial charge in [-0.15, -0.1) is 0 Å². The number of hydrogen-bond donors (Lipinski definition) is 1. The van der Waals surface area contributed by atoms with Crippen molar-refractivity contribution in [3.05, 3.63) is 70.9 Å². The van der Waals surface area contributed by atoms with Crippen molar-refractivity contribution in [1.82, 2.24) is 25.2 Å². The zero-order valence-corrected chi connectivity index (χ0v) is 18.6. The second kappa shape index (κ2) is 9.80. The average molecular weight is 436 g/mol. The van der Waals surface area contributed by atoms with Crippen LogP contribution in [0.25, 0.3) is 0 Å². The number of likely N-dealkylation sites (tertiary alicyclic amines) is 1. The highest BCUT2D eigenvalue weighted by atomic mass is 16.5. The van der Waals surface area contributed by atoms with Crippen molar-refractivity contribution in [3.63, 3.8) is 0 Å². The lowest BCUT2D eigenvalue weighted by atomic mass is 9.92. The smallest absolute Gasteiger partial charge is 0.276 e. The van der Waals surface area contributed by atoms with Gasteiger partial charge < -0.3 is 14.3 Å². The van der Waals surface area contributed by atoms with Gasteiger partial charge in [0.2, 0.25) is 0 Å². The maximum Gasteiger partial charge on any atom is 0.276 e. The Morgan fingerprint density at radius 1 is 1.28 bits per heavy atom. The highest BCUT2D eigenvalue weighted by Gasteiger charge is 2.31. The molecule has 1 aliphatic rings. The molecule has 1 aromatic carbocycles. The van der Waals surface area contributed by atoms with E-state index in [0.29, 0.717) is 30.9 Å². The Bertz CT molecular complexity index is 1060. The van der Waals surface area contributed by atoms with Crippen LogP contribution in [-0.2, 0) is 13.0 Å². The molecule has 1 aliphatic heterocycles. The van der Waals surface area contributed by atoms with Crippen molar-refractivity contribution < 1.29 is 14.1 Å². The number of rotatable bonds is 7. The van der Waals surface area contributed by atoms with E-state index in [-0.39, 0.29) is 17.7 Å². The number of carbonyl (C=O) groups excluding carboxylic acids is 2. The zero-order chi connectivity index (χ0) is 22.5. The fraction of sp³-hybridized carbons (Fsp3) is 0.417. The number of carbonyl (C=O) groups is 2. The van der Waals surface area contributed by atoms with E-state index >= 15 is 0 Å². The Kier molecular flexibility index (Phi) is 6.68. The third kappa shape index (κ3) is 4.74. The molecule has 0 radical (unpaired) electrons. The van der Waals surface area contributed by atoms with Crippen LogP contribution in [0, 0.1) is 0 Å². The van der Waals surface area contributed by atoms with Crippen LogP contribution in [0.3, 0.4) is 0 Å². The van der Waals surface area contributed by atoms with Crippen LogP contribution in [0.4, 0.5) is 0 Å². The van der Waals surface area contributed by atoms with Crippen LogP contribution in [0.2, 0.25) is 0 Å². The van der Waals surface area contributed by atoms with Crippen LogP contribution in [-0.4, -0.2) is 57.1 Å². The van der Waals surface area contributed by atoms with Crippen LogP contribution >= 0.6 is 0 Å². The third-order valence-electron chi connectivity index (χ3n) is 5.90. The quantitative estimate of drug-likeness (QED) is 0.611. The monoisotopic (exact) mass is 435 g/mol. The van der Waals surface area contributed by atoms with Gasteiger partial charge in [0.15, 0.2) is 5.69 Å². The minimum atomic E-state index is -0.130. The molecule has 0 aliphatic carbocycles. The van der Waals surface area contributed by atoms with Gasteiger partial charge in [0.05, 0.1) is 17.5 Å². The van der Waals surface area contributed by atoms with E-state index in [1.165, 1.54) is 0 Å². The van der Waals surface area contributed by atoms with Gasteiger partial charge in [-0.05, 0) is 24.8 Å². The van der Waals surface area contributed by atoms with Crippen LogP contribution in [0.5, 0.6) is 0 Å². The molecular weight excluding hydrogens is 406 g/mol. The molecule has 4 rings (SSSR count). The Morgan fingerprint density at radius 2 is 2.09 bits per heavy atom. The van der Waals surface area contributed by atoms with Gasteiger partial charge in [0.25, 0.3) is 11.8 Å². The Labute approximate surface area is 187 Å². The van der Waals surface area contributed by atoms with E-state index in [2.05, 4.69) is 22.3 Å². The van der Waals surface area contributed by atoms with Crippen molar-refractivity contribution >= 4 is 11.8 Å². The van der Waals surface area contributed by atoms with Gasteiger partial charge in [-0.1, -0.05) is 42.4 Å². The topological polar surface area (TPSA) is 95.3 Å². The Morgan fingerprint density at radius 3 is 2.88 bits per heavy atom. The Hall–Kier alpha value is -3.42. The molecule has 1 atom stereocenters. The minimum Gasteiger partial charge on any atom is -0.361 e. The molecular formula is C24H29N5O3. The van der Waals surface area contributed by atoms with E-state index in [4.69, 9.17) is 4.52 Å². The molecule has 168 valence electrons. The number of H-pyrrole nitrogens is 1. The van der Waals surface area contributed by atoms with E-state index < -0.39 is 0 Å². The highest BCUT2D eigenvalue weighted by molar-refractivity contribution is 5.95. The molecule has 8 nitrogen and oxygen atoms in total. The van der Waals surface area contributed by atoms with Gasteiger partial charge in [0.1, 0.15) is 5.76 Å². The highest BCUT2D eigenvalue weighted by Crippen LogP contribution is 2.29. The number of aromatic nitrogens is 3. The summed E-state index contributed by atoms with van der Waals surface area (Å²) in [5.74, 6) is 0.532. The lowest BCUT2D eigenvalue weighted by molar-refractivity contribution is 0.0694. The standard InChI is InChI=1S/C24H29N5O3/c1-3-8-19-13-21(27-32-19)24(31)29-12-7-11-18(16-29)22-20(14-25-26-22)23(30)28(2)15-17-9-5-4-6-10-17/h4-6,9-10,13-14,18H,3,7-8,11-12,15-16H2,1-2H3,(H,25,26)/t18-/m1/s1. The van der Waals surface area contributed by atoms with Gasteiger partial charge >= 0.3 is 0 Å². The molecule has 2 amide bonds. The average Bonchev–Trinajstić information content (AvgIpc) is 3.49. The number of benzene rings is 1. The first kappa shape index (κ1) is 21.8. The molecule has 2 aromatic heterocycles. The summed E-state index contributed by atoms with van der Waals surface area (Å²) in [6.45, 7) is 3.75. The van der Waals surface area contributed by atoms with Gasteiger partial charge in [-0.2, -0.15) is 5.10 Å². The molecule has 8 heteroatoms. The summed E-state index contributed by atoms with van der Waals surface area (Å²) >= 11 is 0. The largest absolute Gasteiger partial charge is 0.361 e. The van der Waals surface area contributed by atoms with Crippen molar-refractivity contribution in [1.29, 1.82) is 0 Å². The fourth-order valence-corrected chi connectivity index (χ4v) is 4.25. The normalized spacial score (nSPS) is 16.2. The summed E-state index contributed by atoms with van der Waals surface area (Å²) in [4.78, 5) is 29.6. The predicted octanol–water partition coefficient (Wildman–Crippen LogP) is 3.64. The maximum absolute atomic E-state index is 13.1. The summed E-state index contributed by atoms with van der Waals surface area (Å²) in [7, 11) is 1.79. The van der Waals surface area contributed by atoms with Crippen LogP contribution in [0.1, 0.15) is 70.0 Å². The number of piperidine rings is 1. The number of nitrogens with zero attached hydrogens (tertiary/aromatic N) is 4. The lowest BCUT2D eigenvalue weighted by Gasteiger charge is -2.32. The summed E-state index contributed by atoms with van der Waals surface area (Å²) < 4.78 is 5.28. The van der Waals surface area contributed by atoms with Gasteiger partial charge in [-0.3, -0.25) is 14.7 Å². The van der Waals surface area contributed by atoms with E-state index in [1.807, 2.05) is 30.3 Å². The minimum absolute atomic E-state index is 0.0151. The number of amides is 2. The maximum atomic E-state index is 13.1. The SMILES string of the molecule is CCCc1cc(C(=O)N2CCC[C@@H](c3[nH]ncc3C(=O)N(C)Cc3ccccc3)C2)no1. The molecule has 0 bridgehead atoms. The molecule has 32 heavy (non-hydrogen) atoms. The molecule has 3 heterocycles. The van der Waals surface area contributed by atoms with E-state index in [0.717, 1.165) is 42.7 Å². The molecule has 1 saturated heterocycles. The number of aromatic amines is 1. The van der Waals surface area contributed by atoms with E-state index in [1.54, 1.807) is 29.1 Å². The van der Waals surface area contributed by atoms with Crippen molar-refractivity contribution in [3.8, 4) is 0 Å².